The predicted octanol–water partition coefficient (Wildman–Crippen LogP) is 1.14. The number of nitrogens with zero attached hydrogens (tertiary/aromatic N) is 2. The molecule has 0 bridgehead atoms. The second-order valence-electron chi connectivity index (χ2n) is 5.57. The zero-order chi connectivity index (χ0) is 15.2. The molecule has 0 spiro atoms. The highest BCUT2D eigenvalue weighted by atomic mass is 16.1. The number of likely N-dealkylation sites (tertiary alicyclic amines) is 1. The molecule has 0 aromatic carbocycles. The van der Waals surface area contributed by atoms with Gasteiger partial charge in [-0.25, -0.2) is 10.8 Å². The zero-order valence-electron chi connectivity index (χ0n) is 12.9. The first-order valence-corrected chi connectivity index (χ1v) is 7.60. The number of pyridine rings is 1. The number of piperidine rings is 1. The van der Waals surface area contributed by atoms with E-state index in [-0.39, 0.29) is 5.91 Å². The predicted molar refractivity (Wildman–Crippen MR) is 84.0 cm³/mol. The number of nitrogens with two attached hydrogens (primary N) is 1. The molecule has 0 radical (unpaired) electrons. The van der Waals surface area contributed by atoms with E-state index in [1.54, 1.807) is 6.07 Å². The second-order valence-corrected chi connectivity index (χ2v) is 5.57. The van der Waals surface area contributed by atoms with Crippen LogP contribution in [0.5, 0.6) is 0 Å². The molecule has 4 N–H and O–H groups in total. The highest BCUT2D eigenvalue weighted by Gasteiger charge is 2.19. The fourth-order valence-corrected chi connectivity index (χ4v) is 2.69. The van der Waals surface area contributed by atoms with Gasteiger partial charge in [0.2, 0.25) is 0 Å². The number of anilines is 1. The van der Waals surface area contributed by atoms with Gasteiger partial charge < -0.3 is 15.6 Å². The van der Waals surface area contributed by atoms with Crippen LogP contribution in [0.1, 0.15) is 42.2 Å². The number of carbonyl (C=O) groups excluding carboxylic acids is 1. The molecule has 0 aliphatic carbocycles. The molecular weight excluding hydrogens is 266 g/mol. The van der Waals surface area contributed by atoms with Gasteiger partial charge in [-0.3, -0.25) is 4.79 Å². The number of hydrogen-bond acceptors (Lipinski definition) is 5. The van der Waals surface area contributed by atoms with E-state index in [4.69, 9.17) is 5.84 Å². The van der Waals surface area contributed by atoms with Crippen molar-refractivity contribution in [3.8, 4) is 0 Å². The Morgan fingerprint density at radius 2 is 2.29 bits per heavy atom. The van der Waals surface area contributed by atoms with Crippen molar-refractivity contribution in [2.24, 2.45) is 5.84 Å². The van der Waals surface area contributed by atoms with Crippen molar-refractivity contribution < 1.29 is 4.79 Å². The second kappa shape index (κ2) is 7.38. The Balaban J connectivity index is 1.99. The minimum absolute atomic E-state index is 0.0671. The third-order valence-electron chi connectivity index (χ3n) is 4.07. The van der Waals surface area contributed by atoms with Gasteiger partial charge in [0.15, 0.2) is 0 Å². The van der Waals surface area contributed by atoms with Crippen molar-refractivity contribution in [2.45, 2.75) is 38.6 Å². The number of hydrogen-bond donors (Lipinski definition) is 3. The summed E-state index contributed by atoms with van der Waals surface area (Å²) in [6.45, 7) is 3.79. The molecule has 1 fully saturated rings. The molecule has 1 amide bonds. The molecule has 0 saturated carbocycles. The van der Waals surface area contributed by atoms with E-state index in [0.29, 0.717) is 24.0 Å². The van der Waals surface area contributed by atoms with Crippen molar-refractivity contribution >= 4 is 11.7 Å². The van der Waals surface area contributed by atoms with Crippen LogP contribution in [0.2, 0.25) is 0 Å². The monoisotopic (exact) mass is 291 g/mol. The molecule has 21 heavy (non-hydrogen) atoms. The van der Waals surface area contributed by atoms with Crippen LogP contribution in [0.25, 0.3) is 0 Å². The number of amides is 1. The summed E-state index contributed by atoms with van der Waals surface area (Å²) >= 11 is 0. The average molecular weight is 291 g/mol. The third-order valence-corrected chi connectivity index (χ3v) is 4.07. The summed E-state index contributed by atoms with van der Waals surface area (Å²) in [6, 6.07) is 3.93. The van der Waals surface area contributed by atoms with Crippen molar-refractivity contribution in [2.75, 3.05) is 25.6 Å². The fourth-order valence-electron chi connectivity index (χ4n) is 2.69. The van der Waals surface area contributed by atoms with Crippen molar-refractivity contribution in [3.63, 3.8) is 0 Å². The number of nitrogen functional groups attached to an aromatic ring is 1. The highest BCUT2D eigenvalue weighted by molar-refractivity contribution is 5.95. The first-order chi connectivity index (χ1) is 10.1. The van der Waals surface area contributed by atoms with E-state index in [9.17, 15) is 4.79 Å². The van der Waals surface area contributed by atoms with Crippen molar-refractivity contribution in [1.82, 2.24) is 15.2 Å². The molecule has 6 nitrogen and oxygen atoms in total. The quantitative estimate of drug-likeness (QED) is 0.560. The molecule has 1 saturated heterocycles. The first kappa shape index (κ1) is 15.7. The lowest BCUT2D eigenvalue weighted by Crippen LogP contribution is -2.44. The van der Waals surface area contributed by atoms with Crippen molar-refractivity contribution in [1.29, 1.82) is 0 Å². The summed E-state index contributed by atoms with van der Waals surface area (Å²) in [7, 11) is 2.12. The number of rotatable bonds is 5. The summed E-state index contributed by atoms with van der Waals surface area (Å²) in [4.78, 5) is 18.9. The van der Waals surface area contributed by atoms with Crippen LogP contribution in [0.15, 0.2) is 12.1 Å². The standard InChI is InChI=1S/C15H25N5O/c1-3-12-8-11(9-14(18-12)19-16)15(21)17-10-13-6-4-5-7-20(13)2/h8-9,13H,3-7,10,16H2,1-2H3,(H,17,21)(H,18,19). The molecule has 1 aliphatic heterocycles. The van der Waals surface area contributed by atoms with Gasteiger partial charge in [-0.1, -0.05) is 13.3 Å². The first-order valence-electron chi connectivity index (χ1n) is 7.60. The van der Waals surface area contributed by atoms with Crippen LogP contribution in [0.4, 0.5) is 5.82 Å². The zero-order valence-corrected chi connectivity index (χ0v) is 12.9. The maximum absolute atomic E-state index is 12.3. The van der Waals surface area contributed by atoms with Gasteiger partial charge in [-0.15, -0.1) is 0 Å². The molecule has 1 atom stereocenters. The summed E-state index contributed by atoms with van der Waals surface area (Å²) in [5, 5.41) is 3.02. The summed E-state index contributed by atoms with van der Waals surface area (Å²) in [5.41, 5.74) is 3.97. The normalized spacial score (nSPS) is 19.3. The molecule has 2 heterocycles. The molecule has 1 aromatic rings. The minimum atomic E-state index is -0.0671. The smallest absolute Gasteiger partial charge is 0.251 e. The Bertz CT molecular complexity index is 469. The molecule has 2 rings (SSSR count). The van der Waals surface area contributed by atoms with E-state index in [1.165, 1.54) is 12.8 Å². The number of carbonyl (C=O) groups is 1. The maximum Gasteiger partial charge on any atom is 0.251 e. The molecule has 6 heteroatoms. The van der Waals surface area contributed by atoms with Crippen molar-refractivity contribution in [3.05, 3.63) is 23.4 Å². The Labute approximate surface area is 126 Å². The van der Waals surface area contributed by atoms with Gasteiger partial charge in [0.1, 0.15) is 5.82 Å². The molecule has 1 aliphatic rings. The van der Waals surface area contributed by atoms with Gasteiger partial charge in [-0.2, -0.15) is 0 Å². The SMILES string of the molecule is CCc1cc(C(=O)NCC2CCCCN2C)cc(NN)n1. The largest absolute Gasteiger partial charge is 0.350 e. The van der Waals surface area contributed by atoms with Crippen LogP contribution in [0, 0.1) is 0 Å². The van der Waals surface area contributed by atoms with Gasteiger partial charge in [0.25, 0.3) is 5.91 Å². The summed E-state index contributed by atoms with van der Waals surface area (Å²) in [5.74, 6) is 5.86. The van der Waals surface area contributed by atoms with Gasteiger partial charge in [-0.05, 0) is 45.0 Å². The van der Waals surface area contributed by atoms with Gasteiger partial charge >= 0.3 is 0 Å². The van der Waals surface area contributed by atoms with Gasteiger partial charge in [0.05, 0.1) is 0 Å². The van der Waals surface area contributed by atoms with Crippen LogP contribution < -0.4 is 16.6 Å². The maximum atomic E-state index is 12.3. The third kappa shape index (κ3) is 4.15. The number of aromatic nitrogens is 1. The number of hydrazine groups is 1. The summed E-state index contributed by atoms with van der Waals surface area (Å²) < 4.78 is 0. The van der Waals surface area contributed by atoms with E-state index >= 15 is 0 Å². The lowest BCUT2D eigenvalue weighted by atomic mass is 10.0. The van der Waals surface area contributed by atoms with E-state index in [1.807, 2.05) is 13.0 Å². The summed E-state index contributed by atoms with van der Waals surface area (Å²) in [6.07, 6.45) is 4.39. The Morgan fingerprint density at radius 1 is 1.48 bits per heavy atom. The number of likely N-dealkylation sites (N-methyl/N-ethyl adjacent to an activating group) is 1. The van der Waals surface area contributed by atoms with E-state index in [2.05, 4.69) is 27.7 Å². The average Bonchev–Trinajstić information content (AvgIpc) is 2.53. The van der Waals surface area contributed by atoms with Crippen LogP contribution >= 0.6 is 0 Å². The molecule has 1 unspecified atom stereocenters. The Hall–Kier alpha value is -1.66. The molecular formula is C15H25N5O. The number of nitrogens with one attached hydrogen (secondary N) is 2. The molecule has 1 aromatic heterocycles. The fraction of sp³-hybridized carbons (Fsp3) is 0.600. The van der Waals surface area contributed by atoms with E-state index in [0.717, 1.165) is 25.1 Å². The lowest BCUT2D eigenvalue weighted by molar-refractivity contribution is 0.0928. The Morgan fingerprint density at radius 3 is 2.95 bits per heavy atom. The van der Waals surface area contributed by atoms with E-state index < -0.39 is 0 Å². The lowest BCUT2D eigenvalue weighted by Gasteiger charge is -2.32. The van der Waals surface area contributed by atoms with Gasteiger partial charge in [0, 0.05) is 23.8 Å². The van der Waals surface area contributed by atoms with Crippen LogP contribution in [0.3, 0.4) is 0 Å². The van der Waals surface area contributed by atoms with Crippen LogP contribution in [-0.2, 0) is 6.42 Å². The number of aryl methyl sites for hydroxylation is 1. The highest BCUT2D eigenvalue weighted by Crippen LogP contribution is 2.15. The minimum Gasteiger partial charge on any atom is -0.350 e. The Kier molecular flexibility index (Phi) is 5.52. The molecule has 116 valence electrons. The van der Waals surface area contributed by atoms with Crippen LogP contribution in [-0.4, -0.2) is 42.0 Å². The topological polar surface area (TPSA) is 83.3 Å².